The molecule has 8 nitrogen and oxygen atoms in total. The van der Waals surface area contributed by atoms with Gasteiger partial charge in [-0.3, -0.25) is 14.7 Å². The van der Waals surface area contributed by atoms with Gasteiger partial charge in [0.25, 0.3) is 0 Å². The summed E-state index contributed by atoms with van der Waals surface area (Å²) >= 11 is 0. The second-order valence-electron chi connectivity index (χ2n) is 51.5. The number of hydrogen-bond donors (Lipinski definition) is 0. The standard InChI is InChI=1S/C14H28O.C13H26O.C12H24O.C11H22O.C11H22.C11H20.C10H19N.C9H19N.C8H17NO/c1-12(2,3)15-11-8-13(4,5)10-14(6,7)9-11;1-11(2,3)14-10-8-12(4,5)13(6,7)9-10;1-10(2,3)13-8-9-11(4,5)12(9,6)7;1-10(2,3)12-8-9-6-11(4,5)7-9;2*1-10(2,3)9-7-6-8-11(9,4)5;1-9(2,3)11-7-10(8-11)5-4-6-10;1-9(2,3)10-7-5-4-6-8-10;1-8(2,3)9-4-6-10-7-5-9/h11H,8-10H2,1-7H3;10H,8-9H2,1-7H3;9H,8H2,1-7H3;9H,6-8H2,1-5H3;9H,6-8H2,1-5H3;7H,6,8H2,1-5H3;4-8H2,1-3H3;4-8H2,1-3H3;4-7H2,1-3H3. The summed E-state index contributed by atoms with van der Waals surface area (Å²) in [5.74, 6) is 2.47. The molecule has 0 aromatic heterocycles. The zero-order valence-corrected chi connectivity index (χ0v) is 81.6. The fraction of sp³-hybridized carbons (Fsp3) is 0.980. The van der Waals surface area contributed by atoms with Crippen LogP contribution in [-0.2, 0) is 23.7 Å². The lowest BCUT2D eigenvalue weighted by Gasteiger charge is -2.60. The molecule has 3 saturated heterocycles. The first-order valence-corrected chi connectivity index (χ1v) is 44.5. The summed E-state index contributed by atoms with van der Waals surface area (Å²) in [7, 11) is 0. The SMILES string of the molecule is CC(C)(C)C1=CCCC1(C)C.CC(C)(C)C1CCCC1(C)C.CC(C)(C)N1CC2(CCC2)C1.CC(C)(C)N1CCCCC1.CC(C)(C)N1CCOCC1.CC(C)(C)OC1CC(C)(C)C(C)(C)C1.CC(C)(C)OCC1C(C)(C)C1(C)C.CC1(C)CC(COC(C)(C)C)C1.CC1(C)CC(OC(C)(C)C)CC(C)(C)C1. The van der Waals surface area contributed by atoms with Crippen LogP contribution in [-0.4, -0.2) is 132 Å². The van der Waals surface area contributed by atoms with E-state index in [1.54, 1.807) is 5.57 Å². The van der Waals surface area contributed by atoms with E-state index in [1.807, 2.05) is 0 Å². The lowest BCUT2D eigenvalue weighted by atomic mass is 9.62. The lowest BCUT2D eigenvalue weighted by Crippen LogP contribution is -2.64. The van der Waals surface area contributed by atoms with E-state index in [4.69, 9.17) is 23.7 Å². The molecule has 6 saturated carbocycles. The second-order valence-corrected chi connectivity index (χ2v) is 51.5. The first-order chi connectivity index (χ1) is 47.3. The topological polar surface area (TPSA) is 55.9 Å². The van der Waals surface area contributed by atoms with Crippen LogP contribution in [0.3, 0.4) is 0 Å². The Hall–Kier alpha value is -0.580. The maximum absolute atomic E-state index is 6.15. The molecular formula is C99H197N3O5. The molecule has 0 N–H and O–H groups in total. The van der Waals surface area contributed by atoms with Crippen molar-refractivity contribution in [3.8, 4) is 0 Å². The van der Waals surface area contributed by atoms with Gasteiger partial charge in [0, 0.05) is 42.8 Å². The Morgan fingerprint density at radius 2 is 0.794 bits per heavy atom. The number of rotatable bonds is 6. The maximum Gasteiger partial charge on any atom is 0.0602 e. The van der Waals surface area contributed by atoms with Crippen LogP contribution < -0.4 is 0 Å². The van der Waals surface area contributed by atoms with E-state index in [0.29, 0.717) is 88.4 Å². The molecule has 0 aromatic carbocycles. The molecule has 1 atom stereocenters. The van der Waals surface area contributed by atoms with Crippen molar-refractivity contribution in [1.29, 1.82) is 0 Å². The lowest BCUT2D eigenvalue weighted by molar-refractivity contribution is -0.115. The van der Waals surface area contributed by atoms with Crippen LogP contribution in [0.4, 0.5) is 0 Å². The summed E-state index contributed by atoms with van der Waals surface area (Å²) in [6, 6.07) is 0. The highest BCUT2D eigenvalue weighted by Gasteiger charge is 2.64. The summed E-state index contributed by atoms with van der Waals surface area (Å²) in [5.41, 5.74) is 8.74. The minimum Gasteiger partial charge on any atom is -0.379 e. The Balaban J connectivity index is 0.000000410. The molecule has 10 aliphatic rings. The highest BCUT2D eigenvalue weighted by Crippen LogP contribution is 2.68. The summed E-state index contributed by atoms with van der Waals surface area (Å²) in [6.45, 7) is 114. The number of piperidine rings is 1. The average molecular weight is 1510 g/mol. The van der Waals surface area contributed by atoms with Crippen LogP contribution >= 0.6 is 0 Å². The predicted molar refractivity (Wildman–Crippen MR) is 472 cm³/mol. The highest BCUT2D eigenvalue weighted by molar-refractivity contribution is 5.23. The quantitative estimate of drug-likeness (QED) is 0.244. The number of hydrogen-bond acceptors (Lipinski definition) is 8. The van der Waals surface area contributed by atoms with Gasteiger partial charge in [-0.2, -0.15) is 0 Å². The molecular weight excluding hydrogens is 1310 g/mol. The second kappa shape index (κ2) is 37.8. The fourth-order valence-electron chi connectivity index (χ4n) is 20.0. The third-order valence-corrected chi connectivity index (χ3v) is 26.9. The van der Waals surface area contributed by atoms with Crippen molar-refractivity contribution in [3.63, 3.8) is 0 Å². The molecule has 9 fully saturated rings. The smallest absolute Gasteiger partial charge is 0.0602 e. The molecule has 8 heteroatoms. The molecule has 0 aromatic rings. The zero-order chi connectivity index (χ0) is 83.7. The normalized spacial score (nSPS) is 26.0. The number of allylic oxidation sites excluding steroid dienone is 2. The van der Waals surface area contributed by atoms with E-state index in [2.05, 4.69) is 332 Å². The third-order valence-electron chi connectivity index (χ3n) is 26.9. The van der Waals surface area contributed by atoms with Crippen molar-refractivity contribution in [2.24, 2.45) is 82.7 Å². The Kier molecular flexibility index (Phi) is 36.2. The number of nitrogens with zero attached hydrogens (tertiary/aromatic N) is 3. The van der Waals surface area contributed by atoms with Gasteiger partial charge in [-0.25, -0.2) is 0 Å². The molecule has 638 valence electrons. The van der Waals surface area contributed by atoms with Gasteiger partial charge in [0.05, 0.1) is 61.0 Å². The maximum atomic E-state index is 6.15. The van der Waals surface area contributed by atoms with Crippen LogP contribution in [0.5, 0.6) is 0 Å². The van der Waals surface area contributed by atoms with Gasteiger partial charge in [-0.05, 0) is 338 Å². The summed E-state index contributed by atoms with van der Waals surface area (Å²) < 4.78 is 29.0. The van der Waals surface area contributed by atoms with Crippen molar-refractivity contribution < 1.29 is 23.7 Å². The van der Waals surface area contributed by atoms with Crippen molar-refractivity contribution >= 4 is 0 Å². The van der Waals surface area contributed by atoms with E-state index in [0.717, 1.165) is 62.7 Å². The number of morpholine rings is 1. The Morgan fingerprint density at radius 1 is 0.402 bits per heavy atom. The molecule has 107 heavy (non-hydrogen) atoms. The van der Waals surface area contributed by atoms with Gasteiger partial charge in [0.2, 0.25) is 0 Å². The summed E-state index contributed by atoms with van der Waals surface area (Å²) in [5, 5.41) is 0. The first-order valence-electron chi connectivity index (χ1n) is 44.5. The Bertz CT molecular complexity index is 2490. The monoisotopic (exact) mass is 1510 g/mol. The Labute approximate surface area is 673 Å². The van der Waals surface area contributed by atoms with E-state index in [1.165, 1.54) is 142 Å². The molecule has 3 heterocycles. The van der Waals surface area contributed by atoms with Crippen molar-refractivity contribution in [1.82, 2.24) is 14.7 Å². The van der Waals surface area contributed by atoms with E-state index < -0.39 is 0 Å². The van der Waals surface area contributed by atoms with Crippen LogP contribution in [0.2, 0.25) is 0 Å². The van der Waals surface area contributed by atoms with Crippen molar-refractivity contribution in [3.05, 3.63) is 11.6 Å². The summed E-state index contributed by atoms with van der Waals surface area (Å²) in [6.07, 6.45) is 27.7. The van der Waals surface area contributed by atoms with Crippen molar-refractivity contribution in [2.45, 2.75) is 478 Å². The van der Waals surface area contributed by atoms with Gasteiger partial charge in [-0.1, -0.05) is 197 Å². The molecule has 1 spiro atoms. The van der Waals surface area contributed by atoms with Crippen LogP contribution in [0.1, 0.15) is 427 Å². The molecule has 0 bridgehead atoms. The zero-order valence-electron chi connectivity index (χ0n) is 81.6. The predicted octanol–water partition coefficient (Wildman–Crippen LogP) is 28.4. The van der Waals surface area contributed by atoms with E-state index in [-0.39, 0.29) is 22.4 Å². The van der Waals surface area contributed by atoms with Gasteiger partial charge in [0.1, 0.15) is 0 Å². The number of likely N-dealkylation sites (tertiary alicyclic amines) is 2. The minimum atomic E-state index is -0.00579. The first kappa shape index (κ1) is 102. The molecule has 3 aliphatic heterocycles. The molecule has 10 rings (SSSR count). The van der Waals surface area contributed by atoms with Crippen molar-refractivity contribution in [2.75, 3.05) is 65.7 Å². The van der Waals surface area contributed by atoms with E-state index >= 15 is 0 Å². The van der Waals surface area contributed by atoms with Crippen LogP contribution in [0.15, 0.2) is 11.6 Å². The minimum absolute atomic E-state index is 0.00116. The largest absolute Gasteiger partial charge is 0.379 e. The van der Waals surface area contributed by atoms with Gasteiger partial charge < -0.3 is 23.7 Å². The summed E-state index contributed by atoms with van der Waals surface area (Å²) in [4.78, 5) is 7.64. The van der Waals surface area contributed by atoms with Crippen LogP contribution in [0, 0.1) is 82.7 Å². The average Bonchev–Trinajstić information content (AvgIpc) is 1.56. The molecule has 0 amide bonds. The van der Waals surface area contributed by atoms with Gasteiger partial charge >= 0.3 is 0 Å². The number of ether oxygens (including phenoxy) is 5. The van der Waals surface area contributed by atoms with Gasteiger partial charge in [-0.15, -0.1) is 0 Å². The fourth-order valence-corrected chi connectivity index (χ4v) is 20.0. The molecule has 0 radical (unpaired) electrons. The molecule has 7 aliphatic carbocycles. The van der Waals surface area contributed by atoms with Gasteiger partial charge in [0.15, 0.2) is 0 Å². The van der Waals surface area contributed by atoms with E-state index in [9.17, 15) is 0 Å². The highest BCUT2D eigenvalue weighted by atomic mass is 16.5. The Morgan fingerprint density at radius 3 is 1.06 bits per heavy atom. The van der Waals surface area contributed by atoms with Crippen LogP contribution in [0.25, 0.3) is 0 Å². The molecule has 1 unspecified atom stereocenters. The third kappa shape index (κ3) is 36.6.